The highest BCUT2D eigenvalue weighted by Gasteiger charge is 2.28. The van der Waals surface area contributed by atoms with Crippen molar-refractivity contribution in [2.75, 3.05) is 12.9 Å². The van der Waals surface area contributed by atoms with Crippen LogP contribution in [0.2, 0.25) is 0 Å². The zero-order chi connectivity index (χ0) is 13.2. The third-order valence-corrected chi connectivity index (χ3v) is 4.01. The molecule has 5 heteroatoms. The topological polar surface area (TPSA) is 20.3 Å². The van der Waals surface area contributed by atoms with Crippen molar-refractivity contribution in [3.63, 3.8) is 0 Å². The Morgan fingerprint density at radius 3 is 2.59 bits per heavy atom. The van der Waals surface area contributed by atoms with Crippen molar-refractivity contribution < 1.29 is 9.18 Å². The second kappa shape index (κ2) is 5.36. The van der Waals surface area contributed by atoms with Crippen molar-refractivity contribution >= 4 is 33.4 Å². The molecule has 1 rings (SSSR count). The number of hydrogen-bond donors (Lipinski definition) is 0. The van der Waals surface area contributed by atoms with Crippen LogP contribution in [0.1, 0.15) is 24.2 Å². The molecule has 0 aliphatic rings. The van der Waals surface area contributed by atoms with Crippen molar-refractivity contribution in [3.05, 3.63) is 34.1 Å². The van der Waals surface area contributed by atoms with Crippen LogP contribution >= 0.6 is 27.5 Å². The molecule has 0 fully saturated rings. The number of alkyl halides is 1. The van der Waals surface area contributed by atoms with Crippen LogP contribution in [-0.2, 0) is 0 Å². The van der Waals surface area contributed by atoms with Gasteiger partial charge in [-0.1, -0.05) is 0 Å². The first-order chi connectivity index (χ1) is 7.79. The van der Waals surface area contributed by atoms with E-state index in [1.165, 1.54) is 18.2 Å². The highest BCUT2D eigenvalue weighted by molar-refractivity contribution is 9.10. The van der Waals surface area contributed by atoms with Gasteiger partial charge < -0.3 is 4.90 Å². The summed E-state index contributed by atoms with van der Waals surface area (Å²) in [5.41, 5.74) is -0.0287. The molecular formula is C12H14BrClFNO. The minimum Gasteiger partial charge on any atom is -0.335 e. The average molecular weight is 323 g/mol. The number of rotatable bonds is 3. The molecule has 0 unspecified atom stereocenters. The molecule has 0 atom stereocenters. The molecule has 1 aromatic rings. The van der Waals surface area contributed by atoms with Crippen molar-refractivity contribution in [2.24, 2.45) is 0 Å². The summed E-state index contributed by atoms with van der Waals surface area (Å²) in [6.07, 6.45) is 0. The van der Waals surface area contributed by atoms with Crippen molar-refractivity contribution in [2.45, 2.75) is 19.4 Å². The lowest BCUT2D eigenvalue weighted by Crippen LogP contribution is -2.46. The van der Waals surface area contributed by atoms with Crippen molar-refractivity contribution in [3.8, 4) is 0 Å². The number of nitrogens with zero attached hydrogens (tertiary/aromatic N) is 1. The largest absolute Gasteiger partial charge is 0.335 e. The molecule has 2 nitrogen and oxygen atoms in total. The van der Waals surface area contributed by atoms with Gasteiger partial charge in [-0.25, -0.2) is 4.39 Å². The predicted octanol–water partition coefficient (Wildman–Crippen LogP) is 3.68. The van der Waals surface area contributed by atoms with Crippen LogP contribution in [0.15, 0.2) is 22.7 Å². The van der Waals surface area contributed by atoms with Gasteiger partial charge in [-0.05, 0) is 48.0 Å². The molecular weight excluding hydrogens is 308 g/mol. The Morgan fingerprint density at radius 1 is 1.53 bits per heavy atom. The summed E-state index contributed by atoms with van der Waals surface area (Å²) >= 11 is 9.00. The monoisotopic (exact) mass is 321 g/mol. The third-order valence-electron chi connectivity index (χ3n) is 2.70. The van der Waals surface area contributed by atoms with E-state index in [9.17, 15) is 9.18 Å². The van der Waals surface area contributed by atoms with Gasteiger partial charge in [-0.3, -0.25) is 4.79 Å². The average Bonchev–Trinajstić information content (AvgIpc) is 2.27. The molecule has 0 heterocycles. The van der Waals surface area contributed by atoms with Crippen LogP contribution in [0.5, 0.6) is 0 Å². The maximum absolute atomic E-state index is 12.9. The summed E-state index contributed by atoms with van der Waals surface area (Å²) in [5, 5.41) is 0. The van der Waals surface area contributed by atoms with Gasteiger partial charge in [0.05, 0.1) is 11.1 Å². The standard InChI is InChI=1S/C12H14BrClFNO/c1-12(2,7-14)16(3)11(17)9-5-4-8(15)6-10(9)13/h4-6H,7H2,1-3H3. The van der Waals surface area contributed by atoms with Gasteiger partial charge in [0.1, 0.15) is 5.82 Å². The molecule has 0 aliphatic heterocycles. The van der Waals surface area contributed by atoms with Crippen LogP contribution < -0.4 is 0 Å². The number of benzene rings is 1. The minimum absolute atomic E-state index is 0.192. The summed E-state index contributed by atoms with van der Waals surface area (Å²) in [5.74, 6) is -0.246. The van der Waals surface area contributed by atoms with Crippen LogP contribution in [0, 0.1) is 5.82 Å². The van der Waals surface area contributed by atoms with Crippen molar-refractivity contribution in [1.29, 1.82) is 0 Å². The van der Waals surface area contributed by atoms with E-state index in [0.29, 0.717) is 15.9 Å². The van der Waals surface area contributed by atoms with E-state index in [4.69, 9.17) is 11.6 Å². The van der Waals surface area contributed by atoms with Crippen LogP contribution in [0.25, 0.3) is 0 Å². The SMILES string of the molecule is CN(C(=O)c1ccc(F)cc1Br)C(C)(C)CCl. The van der Waals surface area contributed by atoms with Gasteiger partial charge in [0, 0.05) is 17.4 Å². The Kier molecular flexibility index (Phi) is 4.55. The summed E-state index contributed by atoms with van der Waals surface area (Å²) in [4.78, 5) is 13.8. The molecule has 17 heavy (non-hydrogen) atoms. The lowest BCUT2D eigenvalue weighted by molar-refractivity contribution is 0.0659. The van der Waals surface area contributed by atoms with Gasteiger partial charge in [0.2, 0.25) is 0 Å². The van der Waals surface area contributed by atoms with E-state index >= 15 is 0 Å². The summed E-state index contributed by atoms with van der Waals surface area (Å²) < 4.78 is 13.4. The number of halogens is 3. The Morgan fingerprint density at radius 2 is 2.12 bits per heavy atom. The second-order valence-electron chi connectivity index (χ2n) is 4.43. The summed E-state index contributed by atoms with van der Waals surface area (Å²) in [7, 11) is 1.68. The Labute approximate surface area is 114 Å². The minimum atomic E-state index is -0.452. The fourth-order valence-electron chi connectivity index (χ4n) is 1.21. The normalized spacial score (nSPS) is 11.4. The first-order valence-corrected chi connectivity index (χ1v) is 6.41. The zero-order valence-corrected chi connectivity index (χ0v) is 12.3. The molecule has 0 aliphatic carbocycles. The van der Waals surface area contributed by atoms with E-state index in [-0.39, 0.29) is 11.7 Å². The molecule has 0 saturated carbocycles. The highest BCUT2D eigenvalue weighted by Crippen LogP contribution is 2.23. The molecule has 0 aromatic heterocycles. The molecule has 1 amide bonds. The number of carbonyl (C=O) groups is 1. The highest BCUT2D eigenvalue weighted by atomic mass is 79.9. The van der Waals surface area contributed by atoms with Gasteiger partial charge in [0.25, 0.3) is 5.91 Å². The molecule has 94 valence electrons. The van der Waals surface area contributed by atoms with Gasteiger partial charge >= 0.3 is 0 Å². The number of hydrogen-bond acceptors (Lipinski definition) is 1. The lowest BCUT2D eigenvalue weighted by atomic mass is 10.0. The molecule has 0 bridgehead atoms. The van der Waals surface area contributed by atoms with E-state index in [1.54, 1.807) is 11.9 Å². The summed E-state index contributed by atoms with van der Waals surface area (Å²) in [6, 6.07) is 4.00. The maximum atomic E-state index is 12.9. The second-order valence-corrected chi connectivity index (χ2v) is 5.56. The molecule has 0 radical (unpaired) electrons. The smallest absolute Gasteiger partial charge is 0.255 e. The van der Waals surface area contributed by atoms with E-state index < -0.39 is 5.54 Å². The third kappa shape index (κ3) is 3.19. The molecule has 0 N–H and O–H groups in total. The summed E-state index contributed by atoms with van der Waals surface area (Å²) in [6.45, 7) is 3.74. The van der Waals surface area contributed by atoms with Gasteiger partial charge in [0.15, 0.2) is 0 Å². The van der Waals surface area contributed by atoms with Gasteiger partial charge in [-0.2, -0.15) is 0 Å². The molecule has 1 aromatic carbocycles. The lowest BCUT2D eigenvalue weighted by Gasteiger charge is -2.34. The quantitative estimate of drug-likeness (QED) is 0.777. The van der Waals surface area contributed by atoms with E-state index in [2.05, 4.69) is 15.9 Å². The first kappa shape index (κ1) is 14.5. The Hall–Kier alpha value is -0.610. The molecule has 0 spiro atoms. The van der Waals surface area contributed by atoms with E-state index in [0.717, 1.165) is 0 Å². The van der Waals surface area contributed by atoms with Gasteiger partial charge in [-0.15, -0.1) is 11.6 Å². The van der Waals surface area contributed by atoms with E-state index in [1.807, 2.05) is 13.8 Å². The maximum Gasteiger partial charge on any atom is 0.255 e. The fraction of sp³-hybridized carbons (Fsp3) is 0.417. The number of carbonyl (C=O) groups excluding carboxylic acids is 1. The fourth-order valence-corrected chi connectivity index (χ4v) is 1.91. The van der Waals surface area contributed by atoms with Crippen LogP contribution in [0.3, 0.4) is 0 Å². The molecule has 0 saturated heterocycles. The predicted molar refractivity (Wildman–Crippen MR) is 71.0 cm³/mol. The van der Waals surface area contributed by atoms with Crippen LogP contribution in [-0.4, -0.2) is 29.3 Å². The van der Waals surface area contributed by atoms with Crippen molar-refractivity contribution in [1.82, 2.24) is 4.90 Å². The Bertz CT molecular complexity index is 437. The number of amides is 1. The zero-order valence-electron chi connectivity index (χ0n) is 9.93. The first-order valence-electron chi connectivity index (χ1n) is 5.09. The Balaban J connectivity index is 3.05. The van der Waals surface area contributed by atoms with Crippen LogP contribution in [0.4, 0.5) is 4.39 Å².